The number of hydrogen-bond acceptors (Lipinski definition) is 8. The Bertz CT molecular complexity index is 1270. The molecule has 13 heteroatoms. The number of carbonyl (C=O) groups excluding carboxylic acids is 3. The second-order valence-electron chi connectivity index (χ2n) is 11.7. The molecule has 1 N–H and O–H groups in total. The SMILES string of the molecule is COCCCOc1cc(C(=O)N(C(C)C)[C@@H]2CC[C@H](CCN(C(=O)CCC(=O)OC)C3CC3)NC2)nc2c(F)cccc12.Cl.Cl. The molecular weight excluding hydrogens is 626 g/mol. The molecule has 1 aliphatic heterocycles. The van der Waals surface area contributed by atoms with Crippen molar-refractivity contribution in [3.63, 3.8) is 0 Å². The van der Waals surface area contributed by atoms with E-state index in [1.807, 2.05) is 23.6 Å². The van der Waals surface area contributed by atoms with Crippen molar-refractivity contribution in [3.8, 4) is 5.75 Å². The average molecular weight is 674 g/mol. The van der Waals surface area contributed by atoms with Gasteiger partial charge in [0.2, 0.25) is 5.91 Å². The Hall–Kier alpha value is -2.73. The summed E-state index contributed by atoms with van der Waals surface area (Å²) >= 11 is 0. The number of piperidine rings is 1. The van der Waals surface area contributed by atoms with Crippen LogP contribution < -0.4 is 10.1 Å². The van der Waals surface area contributed by atoms with E-state index in [4.69, 9.17) is 9.47 Å². The number of nitrogens with zero attached hydrogens (tertiary/aromatic N) is 3. The standard InChI is InChI=1S/C32H45FN4O6.2ClH/c1-21(2)37(32(40)27-19-28(43-18-6-17-41-3)25-7-5-8-26(33)31(25)35-27)24-10-9-22(34-20-24)15-16-36(23-11-12-23)29(38)13-14-30(39)42-4;;/h5,7-8,19,21-24,34H,6,9-18,20H2,1-4H3;2*1H/t22-,24-;;/m1../s1. The van der Waals surface area contributed by atoms with Crippen LogP contribution in [-0.4, -0.2) is 97.3 Å². The van der Waals surface area contributed by atoms with Crippen LogP contribution in [0, 0.1) is 5.82 Å². The van der Waals surface area contributed by atoms with Crippen LogP contribution in [0.4, 0.5) is 4.39 Å². The highest BCUT2D eigenvalue weighted by atomic mass is 35.5. The predicted molar refractivity (Wildman–Crippen MR) is 175 cm³/mol. The smallest absolute Gasteiger partial charge is 0.306 e. The van der Waals surface area contributed by atoms with Crippen LogP contribution in [0.15, 0.2) is 24.3 Å². The zero-order valence-electron chi connectivity index (χ0n) is 26.6. The molecule has 4 rings (SSSR count). The molecule has 1 aliphatic carbocycles. The highest BCUT2D eigenvalue weighted by molar-refractivity contribution is 5.97. The van der Waals surface area contributed by atoms with Crippen LogP contribution in [-0.2, 0) is 19.1 Å². The topological polar surface area (TPSA) is 110 Å². The molecular formula is C32H47Cl2FN4O6. The molecule has 0 unspecified atom stereocenters. The fourth-order valence-electron chi connectivity index (χ4n) is 5.78. The number of para-hydroxylation sites is 1. The molecule has 2 aliphatic rings. The summed E-state index contributed by atoms with van der Waals surface area (Å²) in [6.07, 6.45) is 5.38. The first-order valence-corrected chi connectivity index (χ1v) is 15.4. The second kappa shape index (κ2) is 18.4. The van der Waals surface area contributed by atoms with Gasteiger partial charge in [-0.2, -0.15) is 0 Å². The van der Waals surface area contributed by atoms with E-state index in [0.29, 0.717) is 43.9 Å². The summed E-state index contributed by atoms with van der Waals surface area (Å²) in [6.45, 7) is 6.09. The first-order chi connectivity index (χ1) is 20.7. The van der Waals surface area contributed by atoms with Gasteiger partial charge in [0, 0.05) is 75.3 Å². The lowest BCUT2D eigenvalue weighted by Crippen LogP contribution is -2.54. The van der Waals surface area contributed by atoms with Gasteiger partial charge in [0.1, 0.15) is 22.8 Å². The molecule has 0 radical (unpaired) electrons. The maximum atomic E-state index is 14.8. The first kappa shape index (κ1) is 38.5. The Morgan fingerprint density at radius 3 is 2.40 bits per heavy atom. The average Bonchev–Trinajstić information content (AvgIpc) is 3.84. The molecule has 2 aromatic rings. The first-order valence-electron chi connectivity index (χ1n) is 15.4. The fraction of sp³-hybridized carbons (Fsp3) is 0.625. The normalized spacial score (nSPS) is 17.6. The van der Waals surface area contributed by atoms with Crippen LogP contribution in [0.1, 0.15) is 75.7 Å². The number of rotatable bonds is 15. The van der Waals surface area contributed by atoms with Crippen molar-refractivity contribution in [2.45, 2.75) is 89.4 Å². The predicted octanol–water partition coefficient (Wildman–Crippen LogP) is 4.94. The van der Waals surface area contributed by atoms with Crippen molar-refractivity contribution in [1.82, 2.24) is 20.1 Å². The number of methoxy groups -OCH3 is 2. The highest BCUT2D eigenvalue weighted by Crippen LogP contribution is 2.30. The number of fused-ring (bicyclic) bond motifs is 1. The van der Waals surface area contributed by atoms with Gasteiger partial charge in [0.05, 0.1) is 20.1 Å². The summed E-state index contributed by atoms with van der Waals surface area (Å²) < 4.78 is 30.6. The van der Waals surface area contributed by atoms with Crippen molar-refractivity contribution in [2.24, 2.45) is 0 Å². The van der Waals surface area contributed by atoms with Gasteiger partial charge in [-0.05, 0) is 58.1 Å². The number of halogens is 3. The van der Waals surface area contributed by atoms with Crippen LogP contribution in [0.25, 0.3) is 10.9 Å². The molecule has 1 aromatic carbocycles. The van der Waals surface area contributed by atoms with Gasteiger partial charge in [-0.1, -0.05) is 6.07 Å². The molecule has 45 heavy (non-hydrogen) atoms. The number of amides is 2. The van der Waals surface area contributed by atoms with Crippen molar-refractivity contribution in [2.75, 3.05) is 40.5 Å². The summed E-state index contributed by atoms with van der Waals surface area (Å²) in [7, 11) is 2.95. The Balaban J connectivity index is 0.00000353. The van der Waals surface area contributed by atoms with Gasteiger partial charge >= 0.3 is 5.97 Å². The van der Waals surface area contributed by atoms with E-state index in [0.717, 1.165) is 32.1 Å². The zero-order chi connectivity index (χ0) is 30.9. The molecule has 10 nitrogen and oxygen atoms in total. The minimum Gasteiger partial charge on any atom is -0.493 e. The lowest BCUT2D eigenvalue weighted by atomic mass is 9.96. The van der Waals surface area contributed by atoms with Crippen molar-refractivity contribution in [3.05, 3.63) is 35.8 Å². The molecule has 2 fully saturated rings. The summed E-state index contributed by atoms with van der Waals surface area (Å²) in [6, 6.07) is 6.63. The quantitative estimate of drug-likeness (QED) is 0.209. The zero-order valence-corrected chi connectivity index (χ0v) is 28.2. The highest BCUT2D eigenvalue weighted by Gasteiger charge is 2.35. The molecule has 0 bridgehead atoms. The van der Waals surface area contributed by atoms with E-state index in [1.54, 1.807) is 25.3 Å². The summed E-state index contributed by atoms with van der Waals surface area (Å²) in [5, 5.41) is 4.12. The van der Waals surface area contributed by atoms with Crippen molar-refractivity contribution >= 4 is 53.5 Å². The maximum absolute atomic E-state index is 14.8. The van der Waals surface area contributed by atoms with Crippen LogP contribution >= 0.6 is 24.8 Å². The Labute approximate surface area is 277 Å². The van der Waals surface area contributed by atoms with Crippen LogP contribution in [0.2, 0.25) is 0 Å². The third-order valence-electron chi connectivity index (χ3n) is 8.19. The van der Waals surface area contributed by atoms with Gasteiger partial charge < -0.3 is 29.3 Å². The Morgan fingerprint density at radius 2 is 1.78 bits per heavy atom. The van der Waals surface area contributed by atoms with Gasteiger partial charge in [-0.25, -0.2) is 9.37 Å². The molecule has 0 spiro atoms. The Morgan fingerprint density at radius 1 is 1.04 bits per heavy atom. The number of ether oxygens (including phenoxy) is 3. The molecule has 2 amide bonds. The number of nitrogens with one attached hydrogen (secondary N) is 1. The monoisotopic (exact) mass is 672 g/mol. The van der Waals surface area contributed by atoms with Crippen LogP contribution in [0.3, 0.4) is 0 Å². The third kappa shape index (κ3) is 10.4. The lowest BCUT2D eigenvalue weighted by molar-refractivity contribution is -0.143. The summed E-state index contributed by atoms with van der Waals surface area (Å²) in [4.78, 5) is 46.4. The molecule has 1 saturated carbocycles. The number of aromatic nitrogens is 1. The van der Waals surface area contributed by atoms with E-state index in [-0.39, 0.29) is 90.8 Å². The van der Waals surface area contributed by atoms with E-state index in [2.05, 4.69) is 15.0 Å². The largest absolute Gasteiger partial charge is 0.493 e. The molecule has 252 valence electrons. The van der Waals surface area contributed by atoms with Crippen LogP contribution in [0.5, 0.6) is 5.75 Å². The Kier molecular flexibility index (Phi) is 15.7. The van der Waals surface area contributed by atoms with Crippen molar-refractivity contribution < 1.29 is 33.0 Å². The van der Waals surface area contributed by atoms with Gasteiger partial charge in [0.25, 0.3) is 5.91 Å². The van der Waals surface area contributed by atoms with E-state index in [1.165, 1.54) is 13.2 Å². The van der Waals surface area contributed by atoms with Gasteiger partial charge in [-0.3, -0.25) is 14.4 Å². The number of pyridine rings is 1. The summed E-state index contributed by atoms with van der Waals surface area (Å²) in [5.74, 6) is -0.710. The molecule has 2 atom stereocenters. The van der Waals surface area contributed by atoms with E-state index < -0.39 is 5.82 Å². The molecule has 1 saturated heterocycles. The van der Waals surface area contributed by atoms with Gasteiger partial charge in [0.15, 0.2) is 0 Å². The van der Waals surface area contributed by atoms with E-state index in [9.17, 15) is 18.8 Å². The fourth-order valence-corrected chi connectivity index (χ4v) is 5.78. The number of esters is 1. The number of hydrogen-bond donors (Lipinski definition) is 1. The van der Waals surface area contributed by atoms with Gasteiger partial charge in [-0.15, -0.1) is 24.8 Å². The molecule has 2 heterocycles. The maximum Gasteiger partial charge on any atom is 0.306 e. The third-order valence-corrected chi connectivity index (χ3v) is 8.19. The number of benzene rings is 1. The minimum atomic E-state index is -0.504. The summed E-state index contributed by atoms with van der Waals surface area (Å²) in [5.41, 5.74) is 0.266. The minimum absolute atomic E-state index is 0. The number of carbonyl (C=O) groups is 3. The molecule has 1 aromatic heterocycles. The second-order valence-corrected chi connectivity index (χ2v) is 11.7. The van der Waals surface area contributed by atoms with E-state index >= 15 is 0 Å². The van der Waals surface area contributed by atoms with Crippen molar-refractivity contribution in [1.29, 1.82) is 0 Å². The lowest BCUT2D eigenvalue weighted by Gasteiger charge is -2.40.